The Kier molecular flexibility index (Phi) is 4.42. The number of ether oxygens (including phenoxy) is 1. The van der Waals surface area contributed by atoms with Crippen LogP contribution in [-0.4, -0.2) is 23.3 Å². The summed E-state index contributed by atoms with van der Waals surface area (Å²) in [5.41, 5.74) is 0.988. The molecule has 1 aromatic heterocycles. The third-order valence-electron chi connectivity index (χ3n) is 3.07. The molecular weight excluding hydrogens is 280 g/mol. The molecule has 0 unspecified atom stereocenters. The summed E-state index contributed by atoms with van der Waals surface area (Å²) in [6.07, 6.45) is 0. The molecule has 0 amide bonds. The number of hydrogen-bond acceptors (Lipinski definition) is 3. The van der Waals surface area contributed by atoms with Gasteiger partial charge in [0.25, 0.3) is 5.56 Å². The number of halogens is 1. The van der Waals surface area contributed by atoms with E-state index in [1.54, 1.807) is 6.07 Å². The summed E-state index contributed by atoms with van der Waals surface area (Å²) >= 11 is 6.05. The standard InChI is InChI=1S/C14H15ClN2O3/c1-9-5-3-4-6-10(9)11-12(15)16-14(19)17(13(11)18)7-8-20-2/h3-6H,7-8H2,1-2H3,(H,16,19). The van der Waals surface area contributed by atoms with Crippen LogP contribution in [0.5, 0.6) is 0 Å². The van der Waals surface area contributed by atoms with E-state index in [1.165, 1.54) is 7.11 Å². The minimum atomic E-state index is -0.533. The Morgan fingerprint density at radius 2 is 2.00 bits per heavy atom. The molecule has 6 heteroatoms. The van der Waals surface area contributed by atoms with Crippen LogP contribution in [0, 0.1) is 6.92 Å². The number of H-pyrrole nitrogens is 1. The monoisotopic (exact) mass is 294 g/mol. The highest BCUT2D eigenvalue weighted by molar-refractivity contribution is 6.32. The quantitative estimate of drug-likeness (QED) is 0.875. The summed E-state index contributed by atoms with van der Waals surface area (Å²) in [5, 5.41) is 0.0583. The van der Waals surface area contributed by atoms with Crippen LogP contribution in [0.4, 0.5) is 0 Å². The summed E-state index contributed by atoms with van der Waals surface area (Å²) in [6.45, 7) is 2.34. The van der Waals surface area contributed by atoms with Crippen molar-refractivity contribution in [3.05, 3.63) is 55.8 Å². The molecular formula is C14H15ClN2O3. The Morgan fingerprint density at radius 1 is 1.30 bits per heavy atom. The van der Waals surface area contributed by atoms with Crippen LogP contribution in [0.2, 0.25) is 5.15 Å². The van der Waals surface area contributed by atoms with E-state index in [2.05, 4.69) is 4.98 Å². The largest absolute Gasteiger partial charge is 0.383 e. The Balaban J connectivity index is 2.68. The Labute approximate surface area is 120 Å². The predicted octanol–water partition coefficient (Wildman–Crippen LogP) is 1.81. The number of benzene rings is 1. The maximum absolute atomic E-state index is 12.5. The van der Waals surface area contributed by atoms with Crippen molar-refractivity contribution in [2.75, 3.05) is 13.7 Å². The number of nitrogens with zero attached hydrogens (tertiary/aromatic N) is 1. The Hall–Kier alpha value is -1.85. The summed E-state index contributed by atoms with van der Waals surface area (Å²) in [7, 11) is 1.51. The van der Waals surface area contributed by atoms with E-state index in [4.69, 9.17) is 16.3 Å². The zero-order valence-corrected chi connectivity index (χ0v) is 12.0. The molecule has 2 aromatic rings. The van der Waals surface area contributed by atoms with Crippen LogP contribution in [0.25, 0.3) is 11.1 Å². The average molecular weight is 295 g/mol. The molecule has 2 rings (SSSR count). The molecule has 20 heavy (non-hydrogen) atoms. The second kappa shape index (κ2) is 6.07. The number of rotatable bonds is 4. The average Bonchev–Trinajstić information content (AvgIpc) is 2.40. The maximum Gasteiger partial charge on any atom is 0.329 e. The van der Waals surface area contributed by atoms with E-state index in [0.717, 1.165) is 10.1 Å². The molecule has 5 nitrogen and oxygen atoms in total. The van der Waals surface area contributed by atoms with Gasteiger partial charge in [-0.15, -0.1) is 0 Å². The van der Waals surface area contributed by atoms with Crippen LogP contribution in [0.1, 0.15) is 5.56 Å². The fourth-order valence-corrected chi connectivity index (χ4v) is 2.28. The fourth-order valence-electron chi connectivity index (χ4n) is 2.02. The summed E-state index contributed by atoms with van der Waals surface area (Å²) in [4.78, 5) is 26.8. The molecule has 1 heterocycles. The molecule has 0 fully saturated rings. The van der Waals surface area contributed by atoms with Gasteiger partial charge in [0.05, 0.1) is 18.7 Å². The van der Waals surface area contributed by atoms with E-state index in [0.29, 0.717) is 11.1 Å². The van der Waals surface area contributed by atoms with Gasteiger partial charge in [-0.3, -0.25) is 14.3 Å². The third kappa shape index (κ3) is 2.69. The SMILES string of the molecule is COCCn1c(=O)[nH]c(Cl)c(-c2ccccc2C)c1=O. The third-order valence-corrected chi connectivity index (χ3v) is 3.36. The zero-order valence-electron chi connectivity index (χ0n) is 11.3. The van der Waals surface area contributed by atoms with Gasteiger partial charge in [0.2, 0.25) is 0 Å². The van der Waals surface area contributed by atoms with Gasteiger partial charge in [0.15, 0.2) is 0 Å². The van der Waals surface area contributed by atoms with Crippen molar-refractivity contribution in [1.29, 1.82) is 0 Å². The molecule has 0 saturated carbocycles. The first kappa shape index (κ1) is 14.6. The summed E-state index contributed by atoms with van der Waals surface area (Å²) in [6, 6.07) is 7.39. The van der Waals surface area contributed by atoms with Crippen LogP contribution in [0.15, 0.2) is 33.9 Å². The smallest absolute Gasteiger partial charge is 0.329 e. The molecule has 1 N–H and O–H groups in total. The number of aromatic nitrogens is 2. The molecule has 0 saturated heterocycles. The minimum Gasteiger partial charge on any atom is -0.383 e. The van der Waals surface area contributed by atoms with Crippen LogP contribution in [-0.2, 0) is 11.3 Å². The summed E-state index contributed by atoms with van der Waals surface area (Å²) < 4.78 is 6.00. The van der Waals surface area contributed by atoms with Crippen molar-refractivity contribution in [3.8, 4) is 11.1 Å². The lowest BCUT2D eigenvalue weighted by molar-refractivity contribution is 0.185. The van der Waals surface area contributed by atoms with Crippen molar-refractivity contribution < 1.29 is 4.74 Å². The van der Waals surface area contributed by atoms with Crippen molar-refractivity contribution in [2.24, 2.45) is 0 Å². The molecule has 0 atom stereocenters. The van der Waals surface area contributed by atoms with E-state index in [1.807, 2.05) is 25.1 Å². The molecule has 0 aliphatic rings. The molecule has 0 aliphatic heterocycles. The van der Waals surface area contributed by atoms with Crippen molar-refractivity contribution in [2.45, 2.75) is 13.5 Å². The van der Waals surface area contributed by atoms with Crippen molar-refractivity contribution in [1.82, 2.24) is 9.55 Å². The van der Waals surface area contributed by atoms with E-state index in [9.17, 15) is 9.59 Å². The first-order valence-electron chi connectivity index (χ1n) is 6.13. The topological polar surface area (TPSA) is 64.1 Å². The van der Waals surface area contributed by atoms with Gasteiger partial charge in [-0.05, 0) is 18.1 Å². The summed E-state index contributed by atoms with van der Waals surface area (Å²) in [5.74, 6) is 0. The molecule has 0 bridgehead atoms. The number of methoxy groups -OCH3 is 1. The van der Waals surface area contributed by atoms with E-state index in [-0.39, 0.29) is 18.3 Å². The van der Waals surface area contributed by atoms with Gasteiger partial charge in [0, 0.05) is 7.11 Å². The molecule has 0 radical (unpaired) electrons. The van der Waals surface area contributed by atoms with Crippen molar-refractivity contribution >= 4 is 11.6 Å². The lowest BCUT2D eigenvalue weighted by Crippen LogP contribution is -2.37. The Bertz CT molecular complexity index is 734. The number of nitrogens with one attached hydrogen (secondary N) is 1. The fraction of sp³-hybridized carbons (Fsp3) is 0.286. The van der Waals surface area contributed by atoms with Crippen LogP contribution in [0.3, 0.4) is 0 Å². The van der Waals surface area contributed by atoms with Gasteiger partial charge in [-0.25, -0.2) is 4.79 Å². The highest BCUT2D eigenvalue weighted by Gasteiger charge is 2.15. The second-order valence-corrected chi connectivity index (χ2v) is 4.76. The molecule has 0 spiro atoms. The van der Waals surface area contributed by atoms with Crippen LogP contribution < -0.4 is 11.2 Å². The van der Waals surface area contributed by atoms with Crippen molar-refractivity contribution in [3.63, 3.8) is 0 Å². The molecule has 0 aliphatic carbocycles. The second-order valence-electron chi connectivity index (χ2n) is 4.38. The minimum absolute atomic E-state index is 0.0583. The first-order chi connectivity index (χ1) is 9.56. The predicted molar refractivity (Wildman–Crippen MR) is 78.4 cm³/mol. The lowest BCUT2D eigenvalue weighted by atomic mass is 10.0. The molecule has 106 valence electrons. The zero-order chi connectivity index (χ0) is 14.7. The molecule has 1 aromatic carbocycles. The maximum atomic E-state index is 12.5. The van der Waals surface area contributed by atoms with Gasteiger partial charge >= 0.3 is 5.69 Å². The highest BCUT2D eigenvalue weighted by Crippen LogP contribution is 2.24. The lowest BCUT2D eigenvalue weighted by Gasteiger charge is -2.10. The van der Waals surface area contributed by atoms with Gasteiger partial charge in [-0.1, -0.05) is 35.9 Å². The van der Waals surface area contributed by atoms with Gasteiger partial charge in [-0.2, -0.15) is 0 Å². The normalized spacial score (nSPS) is 10.8. The van der Waals surface area contributed by atoms with E-state index >= 15 is 0 Å². The Morgan fingerprint density at radius 3 is 2.65 bits per heavy atom. The first-order valence-corrected chi connectivity index (χ1v) is 6.51. The number of aryl methyl sites for hydroxylation is 1. The van der Waals surface area contributed by atoms with Gasteiger partial charge in [0.1, 0.15) is 5.15 Å². The van der Waals surface area contributed by atoms with Crippen LogP contribution >= 0.6 is 11.6 Å². The van der Waals surface area contributed by atoms with E-state index < -0.39 is 11.2 Å². The number of hydrogen-bond donors (Lipinski definition) is 1. The van der Waals surface area contributed by atoms with Gasteiger partial charge < -0.3 is 4.74 Å². The highest BCUT2D eigenvalue weighted by atomic mass is 35.5. The number of aromatic amines is 1.